The Morgan fingerprint density at radius 1 is 1.16 bits per heavy atom. The lowest BCUT2D eigenvalue weighted by Gasteiger charge is -2.05. The van der Waals surface area contributed by atoms with Crippen LogP contribution < -0.4 is 0 Å². The lowest BCUT2D eigenvalue weighted by molar-refractivity contribution is 0.101. The summed E-state index contributed by atoms with van der Waals surface area (Å²) in [6.45, 7) is 1.95. The predicted molar refractivity (Wildman–Crippen MR) is 70.1 cm³/mol. The highest BCUT2D eigenvalue weighted by Crippen LogP contribution is 2.22. The summed E-state index contributed by atoms with van der Waals surface area (Å²) in [7, 11) is -2.77. The van der Waals surface area contributed by atoms with Gasteiger partial charge in [0.05, 0.1) is 11.3 Å². The van der Waals surface area contributed by atoms with E-state index in [1.54, 1.807) is 12.3 Å². The molecule has 2 aromatic rings. The Labute approximate surface area is 111 Å². The van der Waals surface area contributed by atoms with Crippen molar-refractivity contribution in [3.05, 3.63) is 53.7 Å². The molecule has 1 aromatic heterocycles. The van der Waals surface area contributed by atoms with E-state index in [4.69, 9.17) is 0 Å². The molecule has 19 heavy (non-hydrogen) atoms. The molecule has 0 N–H and O–H groups in total. The van der Waals surface area contributed by atoms with E-state index in [2.05, 4.69) is 9.35 Å². The van der Waals surface area contributed by atoms with Gasteiger partial charge in [0.1, 0.15) is 0 Å². The van der Waals surface area contributed by atoms with E-state index in [9.17, 15) is 13.2 Å². The van der Waals surface area contributed by atoms with Gasteiger partial charge in [0, 0.05) is 11.8 Å². The average molecular weight is 274 g/mol. The van der Waals surface area contributed by atoms with Crippen molar-refractivity contribution < 1.29 is 13.2 Å². The second-order valence-electron chi connectivity index (χ2n) is 3.88. The molecule has 6 heteroatoms. The normalized spacial score (nSPS) is 9.95. The van der Waals surface area contributed by atoms with Crippen LogP contribution in [0, 0.1) is 6.92 Å². The fraction of sp³-hybridized carbons (Fsp3) is 0.0769. The van der Waals surface area contributed by atoms with Gasteiger partial charge >= 0.3 is 10.5 Å². The molecule has 1 aromatic carbocycles. The number of amides is 1. The first-order chi connectivity index (χ1) is 9.08. The van der Waals surface area contributed by atoms with Crippen LogP contribution in [0.15, 0.2) is 47.0 Å². The summed E-state index contributed by atoms with van der Waals surface area (Å²) < 4.78 is 23.9. The zero-order valence-electron chi connectivity index (χ0n) is 10.1. The van der Waals surface area contributed by atoms with Crippen molar-refractivity contribution in [2.75, 3.05) is 0 Å². The van der Waals surface area contributed by atoms with Gasteiger partial charge in [0.15, 0.2) is 0 Å². The monoisotopic (exact) mass is 274 g/mol. The Bertz CT molecular complexity index is 742. The molecule has 5 nitrogen and oxygen atoms in total. The van der Waals surface area contributed by atoms with E-state index in [-0.39, 0.29) is 5.56 Å². The topological polar surface area (TPSA) is 76.5 Å². The van der Waals surface area contributed by atoms with Gasteiger partial charge in [0.2, 0.25) is 0 Å². The largest absolute Gasteiger partial charge is 0.319 e. The maximum absolute atomic E-state index is 11.7. The van der Waals surface area contributed by atoms with Gasteiger partial charge in [0.25, 0.3) is 5.91 Å². The van der Waals surface area contributed by atoms with Crippen molar-refractivity contribution >= 4 is 16.4 Å². The highest BCUT2D eigenvalue weighted by atomic mass is 32.2. The van der Waals surface area contributed by atoms with Gasteiger partial charge < -0.3 is 0 Å². The molecule has 0 spiro atoms. The lowest BCUT2D eigenvalue weighted by Crippen LogP contribution is -1.99. The molecule has 0 radical (unpaired) electrons. The maximum atomic E-state index is 11.7. The van der Waals surface area contributed by atoms with Crippen LogP contribution >= 0.6 is 0 Å². The number of rotatable bonds is 2. The third kappa shape index (κ3) is 3.11. The Morgan fingerprint density at radius 3 is 2.47 bits per heavy atom. The summed E-state index contributed by atoms with van der Waals surface area (Å²) in [5.74, 6) is -0.822. The lowest BCUT2D eigenvalue weighted by atomic mass is 10.0. The van der Waals surface area contributed by atoms with Crippen LogP contribution in [0.5, 0.6) is 0 Å². The molecule has 96 valence electrons. The molecule has 0 aliphatic heterocycles. The fourth-order valence-electron chi connectivity index (χ4n) is 1.64. The minimum Gasteiger partial charge on any atom is -0.266 e. The number of carbonyl (C=O) groups excluding carboxylic acids is 1. The van der Waals surface area contributed by atoms with E-state index in [1.807, 2.05) is 31.2 Å². The number of benzene rings is 1. The molecule has 0 unspecified atom stereocenters. The van der Waals surface area contributed by atoms with E-state index < -0.39 is 16.4 Å². The molecule has 0 aliphatic carbocycles. The quantitative estimate of drug-likeness (QED) is 0.841. The summed E-state index contributed by atoms with van der Waals surface area (Å²) in [4.78, 5) is 15.8. The highest BCUT2D eigenvalue weighted by Gasteiger charge is 2.13. The zero-order valence-corrected chi connectivity index (χ0v) is 10.9. The first kappa shape index (κ1) is 13.1. The van der Waals surface area contributed by atoms with Gasteiger partial charge in [-0.05, 0) is 19.1 Å². The van der Waals surface area contributed by atoms with Crippen LogP contribution in [0.3, 0.4) is 0 Å². The van der Waals surface area contributed by atoms with Crippen LogP contribution in [0.4, 0.5) is 0 Å². The molecule has 1 amide bonds. The van der Waals surface area contributed by atoms with E-state index in [0.717, 1.165) is 11.1 Å². The van der Waals surface area contributed by atoms with E-state index in [1.165, 1.54) is 6.07 Å². The molecule has 2 rings (SSSR count). The highest BCUT2D eigenvalue weighted by molar-refractivity contribution is 7.62. The first-order valence-corrected chi connectivity index (χ1v) is 6.48. The molecular weight excluding hydrogens is 264 g/mol. The SMILES string of the molecule is Cc1ccc(-c2ncccc2C(=O)N=S(=O)=O)cc1. The van der Waals surface area contributed by atoms with Crippen molar-refractivity contribution in [3.63, 3.8) is 0 Å². The van der Waals surface area contributed by atoms with Crippen LogP contribution in [0.25, 0.3) is 11.3 Å². The fourth-order valence-corrected chi connectivity index (χ4v) is 1.87. The summed E-state index contributed by atoms with van der Waals surface area (Å²) in [6, 6.07) is 10.5. The average Bonchev–Trinajstić information content (AvgIpc) is 2.39. The first-order valence-electron chi connectivity index (χ1n) is 5.45. The molecule has 0 atom stereocenters. The van der Waals surface area contributed by atoms with Crippen LogP contribution in [-0.4, -0.2) is 19.3 Å². The molecule has 0 saturated heterocycles. The van der Waals surface area contributed by atoms with Crippen molar-refractivity contribution in [2.24, 2.45) is 4.36 Å². The van der Waals surface area contributed by atoms with Gasteiger partial charge in [-0.15, -0.1) is 0 Å². The van der Waals surface area contributed by atoms with E-state index >= 15 is 0 Å². The van der Waals surface area contributed by atoms with Gasteiger partial charge in [-0.2, -0.15) is 8.42 Å². The predicted octanol–water partition coefficient (Wildman–Crippen LogP) is 2.26. The molecular formula is C13H10N2O3S. The van der Waals surface area contributed by atoms with Crippen molar-refractivity contribution in [3.8, 4) is 11.3 Å². The Balaban J connectivity index is 2.56. The van der Waals surface area contributed by atoms with Crippen LogP contribution in [0.1, 0.15) is 15.9 Å². The van der Waals surface area contributed by atoms with Gasteiger partial charge in [-0.1, -0.05) is 34.2 Å². The van der Waals surface area contributed by atoms with Crippen LogP contribution in [-0.2, 0) is 10.5 Å². The molecule has 0 saturated carbocycles. The second-order valence-corrected chi connectivity index (χ2v) is 4.50. The Hall–Kier alpha value is -2.34. The van der Waals surface area contributed by atoms with Crippen molar-refractivity contribution in [1.82, 2.24) is 4.98 Å². The summed E-state index contributed by atoms with van der Waals surface area (Å²) in [5.41, 5.74) is 2.40. The third-order valence-corrected chi connectivity index (χ3v) is 2.84. The number of hydrogen-bond acceptors (Lipinski definition) is 4. The number of nitrogens with zero attached hydrogens (tertiary/aromatic N) is 2. The number of aryl methyl sites for hydroxylation is 1. The zero-order chi connectivity index (χ0) is 13.8. The molecule has 0 fully saturated rings. The summed E-state index contributed by atoms with van der Waals surface area (Å²) >= 11 is 0. The number of aromatic nitrogens is 1. The van der Waals surface area contributed by atoms with E-state index in [0.29, 0.717) is 5.69 Å². The molecule has 0 aliphatic rings. The van der Waals surface area contributed by atoms with Crippen molar-refractivity contribution in [2.45, 2.75) is 6.92 Å². The Kier molecular flexibility index (Phi) is 3.82. The molecule has 1 heterocycles. The number of hydrogen-bond donors (Lipinski definition) is 0. The van der Waals surface area contributed by atoms with Gasteiger partial charge in [-0.25, -0.2) is 0 Å². The number of carbonyl (C=O) groups is 1. The summed E-state index contributed by atoms with van der Waals surface area (Å²) in [6.07, 6.45) is 1.54. The maximum Gasteiger partial charge on any atom is 0.319 e. The van der Waals surface area contributed by atoms with Crippen LogP contribution in [0.2, 0.25) is 0 Å². The molecule has 0 bridgehead atoms. The minimum atomic E-state index is -2.77. The standard InChI is InChI=1S/C13H10N2O3S/c1-9-4-6-10(7-5-9)12-11(3-2-8-14-12)13(16)15-19(17)18/h2-8H,1H3. The Morgan fingerprint density at radius 2 is 1.84 bits per heavy atom. The summed E-state index contributed by atoms with van der Waals surface area (Å²) in [5, 5.41) is 0. The third-order valence-electron chi connectivity index (χ3n) is 2.52. The van der Waals surface area contributed by atoms with Crippen molar-refractivity contribution in [1.29, 1.82) is 0 Å². The second kappa shape index (κ2) is 5.53. The number of pyridine rings is 1. The van der Waals surface area contributed by atoms with Gasteiger partial charge in [-0.3, -0.25) is 9.78 Å². The smallest absolute Gasteiger partial charge is 0.266 e. The minimum absolute atomic E-state index is 0.163.